The van der Waals surface area contributed by atoms with Gasteiger partial charge in [0.2, 0.25) is 5.91 Å². The van der Waals surface area contributed by atoms with Gasteiger partial charge in [0, 0.05) is 25.2 Å². The maximum Gasteiger partial charge on any atom is 0.317 e. The first-order chi connectivity index (χ1) is 12.6. The zero-order valence-corrected chi connectivity index (χ0v) is 14.9. The molecule has 5 heteroatoms. The molecule has 1 saturated heterocycles. The predicted molar refractivity (Wildman–Crippen MR) is 102 cm³/mol. The fourth-order valence-electron chi connectivity index (χ4n) is 3.41. The Morgan fingerprint density at radius 1 is 1.00 bits per heavy atom. The third-order valence-electron chi connectivity index (χ3n) is 4.92. The van der Waals surface area contributed by atoms with Crippen LogP contribution in [0.3, 0.4) is 0 Å². The van der Waals surface area contributed by atoms with E-state index in [1.54, 1.807) is 18.2 Å². The van der Waals surface area contributed by atoms with Crippen molar-refractivity contribution in [2.24, 2.45) is 11.7 Å². The first kappa shape index (κ1) is 18.0. The number of hydrogen-bond acceptors (Lipinski definition) is 2. The van der Waals surface area contributed by atoms with Crippen molar-refractivity contribution in [2.45, 2.75) is 25.8 Å². The second-order valence-electron chi connectivity index (χ2n) is 6.84. The number of benzene rings is 2. The summed E-state index contributed by atoms with van der Waals surface area (Å²) in [6, 6.07) is 17.5. The second-order valence-corrected chi connectivity index (χ2v) is 6.84. The molecule has 1 fully saturated rings. The largest absolute Gasteiger partial charge is 0.366 e. The molecule has 1 heterocycles. The van der Waals surface area contributed by atoms with Crippen molar-refractivity contribution in [1.29, 1.82) is 0 Å². The number of piperidine rings is 1. The van der Waals surface area contributed by atoms with E-state index in [9.17, 15) is 9.59 Å². The summed E-state index contributed by atoms with van der Waals surface area (Å²) in [5.41, 5.74) is 7.98. The van der Waals surface area contributed by atoms with Crippen molar-refractivity contribution < 1.29 is 9.59 Å². The number of amides is 3. The highest BCUT2D eigenvalue weighted by Gasteiger charge is 2.22. The van der Waals surface area contributed by atoms with Crippen molar-refractivity contribution >= 4 is 11.9 Å². The van der Waals surface area contributed by atoms with E-state index in [1.807, 2.05) is 17.0 Å². The fourth-order valence-corrected chi connectivity index (χ4v) is 3.41. The van der Waals surface area contributed by atoms with Crippen LogP contribution in [0.1, 0.15) is 34.3 Å². The molecule has 0 bridgehead atoms. The molecule has 2 aromatic rings. The van der Waals surface area contributed by atoms with Gasteiger partial charge < -0.3 is 16.0 Å². The minimum absolute atomic E-state index is 0.0485. The van der Waals surface area contributed by atoms with Crippen LogP contribution >= 0.6 is 0 Å². The number of carbonyl (C=O) groups excluding carboxylic acids is 2. The average Bonchev–Trinajstić information content (AvgIpc) is 2.68. The van der Waals surface area contributed by atoms with Gasteiger partial charge >= 0.3 is 6.03 Å². The van der Waals surface area contributed by atoms with Crippen LogP contribution in [0.25, 0.3) is 0 Å². The zero-order chi connectivity index (χ0) is 18.4. The molecule has 1 aliphatic rings. The Bertz CT molecular complexity index is 753. The fraction of sp³-hybridized carbons (Fsp3) is 0.333. The number of likely N-dealkylation sites (tertiary alicyclic amines) is 1. The average molecular weight is 351 g/mol. The lowest BCUT2D eigenvalue weighted by atomic mass is 9.90. The van der Waals surface area contributed by atoms with Crippen LogP contribution < -0.4 is 11.1 Å². The molecular weight excluding hydrogens is 326 g/mol. The van der Waals surface area contributed by atoms with E-state index in [0.717, 1.165) is 37.9 Å². The predicted octanol–water partition coefficient (Wildman–Crippen LogP) is 2.95. The second kappa shape index (κ2) is 8.52. The van der Waals surface area contributed by atoms with E-state index in [4.69, 9.17) is 5.73 Å². The Morgan fingerprint density at radius 3 is 2.38 bits per heavy atom. The molecule has 3 N–H and O–H groups in total. The van der Waals surface area contributed by atoms with Crippen LogP contribution in [-0.4, -0.2) is 29.9 Å². The molecule has 5 nitrogen and oxygen atoms in total. The summed E-state index contributed by atoms with van der Waals surface area (Å²) >= 11 is 0. The lowest BCUT2D eigenvalue weighted by Gasteiger charge is -2.32. The van der Waals surface area contributed by atoms with Gasteiger partial charge in [0.05, 0.1) is 0 Å². The van der Waals surface area contributed by atoms with E-state index < -0.39 is 5.91 Å². The summed E-state index contributed by atoms with van der Waals surface area (Å²) in [6.07, 6.45) is 3.13. The highest BCUT2D eigenvalue weighted by atomic mass is 16.2. The molecule has 0 atom stereocenters. The topological polar surface area (TPSA) is 75.4 Å². The summed E-state index contributed by atoms with van der Waals surface area (Å²) < 4.78 is 0. The van der Waals surface area contributed by atoms with Crippen molar-refractivity contribution in [3.8, 4) is 0 Å². The van der Waals surface area contributed by atoms with Crippen LogP contribution in [0, 0.1) is 5.92 Å². The van der Waals surface area contributed by atoms with Crippen LogP contribution in [0.15, 0.2) is 54.6 Å². The number of nitrogens with two attached hydrogens (primary N) is 1. The summed E-state index contributed by atoms with van der Waals surface area (Å²) in [6.45, 7) is 1.96. The first-order valence-corrected chi connectivity index (χ1v) is 9.07. The normalized spacial score (nSPS) is 14.8. The maximum absolute atomic E-state index is 12.4. The lowest BCUT2D eigenvalue weighted by molar-refractivity contribution is 0.1000. The van der Waals surface area contributed by atoms with E-state index in [1.165, 1.54) is 5.56 Å². The maximum atomic E-state index is 12.4. The van der Waals surface area contributed by atoms with E-state index >= 15 is 0 Å². The summed E-state index contributed by atoms with van der Waals surface area (Å²) in [4.78, 5) is 25.5. The van der Waals surface area contributed by atoms with Gasteiger partial charge in [-0.25, -0.2) is 4.79 Å². The monoisotopic (exact) mass is 351 g/mol. The minimum Gasteiger partial charge on any atom is -0.366 e. The molecule has 0 saturated carbocycles. The number of nitrogens with zero attached hydrogens (tertiary/aromatic N) is 1. The van der Waals surface area contributed by atoms with Gasteiger partial charge in [0.15, 0.2) is 0 Å². The smallest absolute Gasteiger partial charge is 0.317 e. The molecule has 2 aromatic carbocycles. The summed E-state index contributed by atoms with van der Waals surface area (Å²) in [7, 11) is 0. The van der Waals surface area contributed by atoms with Crippen LogP contribution in [-0.2, 0) is 13.0 Å². The molecule has 0 spiro atoms. The molecule has 0 unspecified atom stereocenters. The highest BCUT2D eigenvalue weighted by Crippen LogP contribution is 2.21. The molecular formula is C21H25N3O2. The van der Waals surface area contributed by atoms with Crippen molar-refractivity contribution in [2.75, 3.05) is 13.1 Å². The van der Waals surface area contributed by atoms with E-state index in [-0.39, 0.29) is 6.03 Å². The highest BCUT2D eigenvalue weighted by molar-refractivity contribution is 5.92. The molecule has 0 aromatic heterocycles. The van der Waals surface area contributed by atoms with Crippen molar-refractivity contribution in [3.63, 3.8) is 0 Å². The first-order valence-electron chi connectivity index (χ1n) is 9.07. The lowest BCUT2D eigenvalue weighted by Crippen LogP contribution is -2.44. The Hall–Kier alpha value is -2.82. The van der Waals surface area contributed by atoms with Gasteiger partial charge in [0.25, 0.3) is 0 Å². The van der Waals surface area contributed by atoms with Gasteiger partial charge in [-0.15, -0.1) is 0 Å². The van der Waals surface area contributed by atoms with Gasteiger partial charge in [-0.3, -0.25) is 4.79 Å². The Morgan fingerprint density at radius 2 is 1.69 bits per heavy atom. The SMILES string of the molecule is NC(=O)c1cccc(CNC(=O)N2CCC(Cc3ccccc3)CC2)c1. The van der Waals surface area contributed by atoms with Gasteiger partial charge in [-0.2, -0.15) is 0 Å². The minimum atomic E-state index is -0.460. The summed E-state index contributed by atoms with van der Waals surface area (Å²) in [5.74, 6) is 0.173. The zero-order valence-electron chi connectivity index (χ0n) is 14.9. The number of nitrogens with one attached hydrogen (secondary N) is 1. The van der Waals surface area contributed by atoms with Crippen LogP contribution in [0.4, 0.5) is 4.79 Å². The molecule has 0 radical (unpaired) electrons. The Balaban J connectivity index is 1.45. The standard InChI is InChI=1S/C21H25N3O2/c22-20(25)19-8-4-7-18(14-19)15-23-21(26)24-11-9-17(10-12-24)13-16-5-2-1-3-6-16/h1-8,14,17H,9-13,15H2,(H2,22,25)(H,23,26). The molecule has 3 amide bonds. The van der Waals surface area contributed by atoms with E-state index in [2.05, 4.69) is 29.6 Å². The summed E-state index contributed by atoms with van der Waals surface area (Å²) in [5, 5.41) is 2.93. The number of primary amides is 1. The Labute approximate surface area is 154 Å². The van der Waals surface area contributed by atoms with Gasteiger partial charge in [-0.05, 0) is 48.4 Å². The van der Waals surface area contributed by atoms with Crippen molar-refractivity contribution in [1.82, 2.24) is 10.2 Å². The molecule has 136 valence electrons. The number of carbonyl (C=O) groups is 2. The number of hydrogen-bond donors (Lipinski definition) is 2. The van der Waals surface area contributed by atoms with Crippen molar-refractivity contribution in [3.05, 3.63) is 71.3 Å². The molecule has 0 aliphatic carbocycles. The third kappa shape index (κ3) is 4.85. The van der Waals surface area contributed by atoms with Gasteiger partial charge in [-0.1, -0.05) is 42.5 Å². The van der Waals surface area contributed by atoms with Crippen LogP contribution in [0.5, 0.6) is 0 Å². The van der Waals surface area contributed by atoms with Gasteiger partial charge in [0.1, 0.15) is 0 Å². The number of urea groups is 1. The molecule has 1 aliphatic heterocycles. The quantitative estimate of drug-likeness (QED) is 0.869. The Kier molecular flexibility index (Phi) is 5.89. The van der Waals surface area contributed by atoms with Crippen LogP contribution in [0.2, 0.25) is 0 Å². The molecule has 3 rings (SSSR count). The third-order valence-corrected chi connectivity index (χ3v) is 4.92. The van der Waals surface area contributed by atoms with E-state index in [0.29, 0.717) is 18.0 Å². The number of rotatable bonds is 5. The molecule has 26 heavy (non-hydrogen) atoms.